The van der Waals surface area contributed by atoms with E-state index in [0.717, 1.165) is 0 Å². The number of rotatable bonds is 5. The second kappa shape index (κ2) is 5.91. The molecule has 1 unspecified atom stereocenters. The zero-order valence-electron chi connectivity index (χ0n) is 10.7. The van der Waals surface area contributed by atoms with Gasteiger partial charge in [0.25, 0.3) is 0 Å². The van der Waals surface area contributed by atoms with Gasteiger partial charge in [0.1, 0.15) is 0 Å². The predicted octanol–water partition coefficient (Wildman–Crippen LogP) is 2.57. The molecule has 0 rings (SSSR count). The Bertz CT molecular complexity index is 226. The van der Waals surface area contributed by atoms with E-state index in [1.807, 2.05) is 6.92 Å². The summed E-state index contributed by atoms with van der Waals surface area (Å²) in [5, 5.41) is 0. The van der Waals surface area contributed by atoms with Crippen molar-refractivity contribution in [2.45, 2.75) is 59.9 Å². The van der Waals surface area contributed by atoms with Gasteiger partial charge in [-0.3, -0.25) is 4.90 Å². The summed E-state index contributed by atoms with van der Waals surface area (Å²) in [6.45, 7) is 15.5. The van der Waals surface area contributed by atoms with E-state index in [9.17, 15) is 4.79 Å². The summed E-state index contributed by atoms with van der Waals surface area (Å²) < 4.78 is 5.28. The summed E-state index contributed by atoms with van der Waals surface area (Å²) >= 11 is 0. The highest BCUT2D eigenvalue weighted by Gasteiger charge is 2.23. The molecule has 0 aromatic rings. The van der Waals surface area contributed by atoms with E-state index >= 15 is 0 Å². The van der Waals surface area contributed by atoms with Crippen molar-refractivity contribution in [3.05, 3.63) is 12.2 Å². The Balaban J connectivity index is 4.45. The minimum absolute atomic E-state index is 0.214. The molecule has 3 nitrogen and oxygen atoms in total. The lowest BCUT2D eigenvalue weighted by Crippen LogP contribution is -2.45. The molecule has 0 aromatic carbocycles. The van der Waals surface area contributed by atoms with Crippen molar-refractivity contribution >= 4 is 5.97 Å². The van der Waals surface area contributed by atoms with Gasteiger partial charge in [0.2, 0.25) is 0 Å². The zero-order chi connectivity index (χ0) is 12.2. The van der Waals surface area contributed by atoms with E-state index < -0.39 is 0 Å². The van der Waals surface area contributed by atoms with Crippen LogP contribution in [0.2, 0.25) is 0 Å². The normalized spacial score (nSPS) is 13.4. The number of hydrogen-bond donors (Lipinski definition) is 0. The molecule has 0 aliphatic rings. The van der Waals surface area contributed by atoms with Crippen LogP contribution in [0.25, 0.3) is 0 Å². The summed E-state index contributed by atoms with van der Waals surface area (Å²) in [6, 6.07) is 0.691. The molecular formula is C12H23NO2. The number of esters is 1. The van der Waals surface area contributed by atoms with E-state index in [1.54, 1.807) is 6.92 Å². The first-order valence-corrected chi connectivity index (χ1v) is 5.41. The lowest BCUT2D eigenvalue weighted by molar-refractivity contribution is -0.156. The number of carbonyl (C=O) groups excluding carboxylic acids is 1. The SMILES string of the molecule is C=C(C)C(=O)OC(C)N(C(C)C)C(C)C. The Kier molecular flexibility index (Phi) is 5.58. The fourth-order valence-corrected chi connectivity index (χ4v) is 1.75. The van der Waals surface area contributed by atoms with Crippen LogP contribution in [0, 0.1) is 0 Å². The maximum Gasteiger partial charge on any atom is 0.334 e. The van der Waals surface area contributed by atoms with Crippen LogP contribution < -0.4 is 0 Å². The molecule has 15 heavy (non-hydrogen) atoms. The van der Waals surface area contributed by atoms with Crippen LogP contribution in [0.1, 0.15) is 41.5 Å². The summed E-state index contributed by atoms with van der Waals surface area (Å²) in [6.07, 6.45) is -0.214. The van der Waals surface area contributed by atoms with E-state index in [0.29, 0.717) is 17.7 Å². The van der Waals surface area contributed by atoms with Gasteiger partial charge in [-0.15, -0.1) is 0 Å². The van der Waals surface area contributed by atoms with Crippen molar-refractivity contribution in [3.8, 4) is 0 Å². The van der Waals surface area contributed by atoms with Crippen LogP contribution in [0.15, 0.2) is 12.2 Å². The van der Waals surface area contributed by atoms with Gasteiger partial charge in [-0.2, -0.15) is 0 Å². The molecule has 0 radical (unpaired) electrons. The van der Waals surface area contributed by atoms with Crippen LogP contribution in [0.3, 0.4) is 0 Å². The van der Waals surface area contributed by atoms with Crippen LogP contribution in [0.4, 0.5) is 0 Å². The first-order valence-electron chi connectivity index (χ1n) is 5.41. The molecular weight excluding hydrogens is 190 g/mol. The lowest BCUT2D eigenvalue weighted by Gasteiger charge is -2.35. The number of nitrogens with zero attached hydrogens (tertiary/aromatic N) is 1. The number of hydrogen-bond acceptors (Lipinski definition) is 3. The van der Waals surface area contributed by atoms with Gasteiger partial charge in [-0.25, -0.2) is 4.79 Å². The van der Waals surface area contributed by atoms with Crippen LogP contribution in [0.5, 0.6) is 0 Å². The number of ether oxygens (including phenoxy) is 1. The zero-order valence-corrected chi connectivity index (χ0v) is 10.7. The second-order valence-corrected chi connectivity index (χ2v) is 4.42. The standard InChI is InChI=1S/C12H23NO2/c1-8(2)12(14)15-11(7)13(9(3)4)10(5)6/h9-11H,1H2,2-7H3. The predicted molar refractivity (Wildman–Crippen MR) is 62.5 cm³/mol. The van der Waals surface area contributed by atoms with Crippen molar-refractivity contribution in [3.63, 3.8) is 0 Å². The third kappa shape index (κ3) is 4.47. The van der Waals surface area contributed by atoms with E-state index in [1.165, 1.54) is 0 Å². The molecule has 1 atom stereocenters. The second-order valence-electron chi connectivity index (χ2n) is 4.42. The van der Waals surface area contributed by atoms with Gasteiger partial charge in [0.05, 0.1) is 0 Å². The maximum atomic E-state index is 11.4. The van der Waals surface area contributed by atoms with Crippen LogP contribution >= 0.6 is 0 Å². The largest absolute Gasteiger partial charge is 0.443 e. The van der Waals surface area contributed by atoms with Gasteiger partial charge in [-0.1, -0.05) is 6.58 Å². The number of carbonyl (C=O) groups is 1. The Morgan fingerprint density at radius 2 is 1.53 bits per heavy atom. The van der Waals surface area contributed by atoms with Crippen LogP contribution in [-0.2, 0) is 9.53 Å². The average Bonchev–Trinajstić information content (AvgIpc) is 2.01. The molecule has 0 saturated heterocycles. The van der Waals surface area contributed by atoms with E-state index in [-0.39, 0.29) is 12.2 Å². The molecule has 88 valence electrons. The molecule has 0 fully saturated rings. The van der Waals surface area contributed by atoms with Gasteiger partial charge < -0.3 is 4.74 Å². The average molecular weight is 213 g/mol. The van der Waals surface area contributed by atoms with E-state index in [2.05, 4.69) is 39.2 Å². The lowest BCUT2D eigenvalue weighted by atomic mass is 10.2. The molecule has 0 saturated carbocycles. The molecule has 0 amide bonds. The third-order valence-corrected chi connectivity index (χ3v) is 2.24. The summed E-state index contributed by atoms with van der Waals surface area (Å²) in [7, 11) is 0. The van der Waals surface area contributed by atoms with Crippen molar-refractivity contribution in [2.75, 3.05) is 0 Å². The fraction of sp³-hybridized carbons (Fsp3) is 0.750. The highest BCUT2D eigenvalue weighted by Crippen LogP contribution is 2.12. The molecule has 0 aliphatic heterocycles. The third-order valence-electron chi connectivity index (χ3n) is 2.24. The summed E-state index contributed by atoms with van der Waals surface area (Å²) in [4.78, 5) is 13.5. The molecule has 0 aromatic heterocycles. The van der Waals surface area contributed by atoms with E-state index in [4.69, 9.17) is 4.74 Å². The Hall–Kier alpha value is -0.830. The smallest absolute Gasteiger partial charge is 0.334 e. The molecule has 0 aliphatic carbocycles. The minimum atomic E-state index is -0.325. The minimum Gasteiger partial charge on any atom is -0.443 e. The molecule has 3 heteroatoms. The topological polar surface area (TPSA) is 29.5 Å². The summed E-state index contributed by atoms with van der Waals surface area (Å²) in [5.41, 5.74) is 0.439. The van der Waals surface area contributed by atoms with Gasteiger partial charge in [-0.05, 0) is 41.5 Å². The maximum absolute atomic E-state index is 11.4. The van der Waals surface area contributed by atoms with Gasteiger partial charge >= 0.3 is 5.97 Å². The highest BCUT2D eigenvalue weighted by molar-refractivity contribution is 5.87. The molecule has 0 N–H and O–H groups in total. The van der Waals surface area contributed by atoms with Crippen molar-refractivity contribution in [2.24, 2.45) is 0 Å². The van der Waals surface area contributed by atoms with Crippen LogP contribution in [-0.4, -0.2) is 29.2 Å². The Labute approximate surface area is 93.1 Å². The Morgan fingerprint density at radius 1 is 1.13 bits per heavy atom. The highest BCUT2D eigenvalue weighted by atomic mass is 16.6. The monoisotopic (exact) mass is 213 g/mol. The van der Waals surface area contributed by atoms with Crippen molar-refractivity contribution in [1.29, 1.82) is 0 Å². The molecule has 0 spiro atoms. The van der Waals surface area contributed by atoms with Gasteiger partial charge in [0.15, 0.2) is 6.23 Å². The molecule has 0 bridgehead atoms. The fourth-order valence-electron chi connectivity index (χ4n) is 1.75. The Morgan fingerprint density at radius 3 is 1.80 bits per heavy atom. The quantitative estimate of drug-likeness (QED) is 0.399. The van der Waals surface area contributed by atoms with Gasteiger partial charge in [0, 0.05) is 17.7 Å². The van der Waals surface area contributed by atoms with Crippen molar-refractivity contribution < 1.29 is 9.53 Å². The molecule has 0 heterocycles. The first-order chi connectivity index (χ1) is 6.77. The summed E-state index contributed by atoms with van der Waals surface area (Å²) in [5.74, 6) is -0.325. The first kappa shape index (κ1) is 14.2. The van der Waals surface area contributed by atoms with Crippen molar-refractivity contribution in [1.82, 2.24) is 4.90 Å².